The molecule has 2 atom stereocenters. The van der Waals surface area contributed by atoms with Crippen LogP contribution < -0.4 is 5.73 Å². The molecule has 0 aliphatic carbocycles. The molecule has 0 saturated carbocycles. The SMILES string of the molecule is Cc1ccc(C(O)c2ccc(C(C)CN)cc2)cc1. The van der Waals surface area contributed by atoms with E-state index in [9.17, 15) is 5.11 Å². The lowest BCUT2D eigenvalue weighted by molar-refractivity contribution is 0.220. The van der Waals surface area contributed by atoms with Crippen molar-refractivity contribution in [2.45, 2.75) is 25.9 Å². The van der Waals surface area contributed by atoms with Gasteiger partial charge in [-0.2, -0.15) is 0 Å². The topological polar surface area (TPSA) is 46.2 Å². The highest BCUT2D eigenvalue weighted by molar-refractivity contribution is 5.34. The van der Waals surface area contributed by atoms with Gasteiger partial charge in [0, 0.05) is 0 Å². The van der Waals surface area contributed by atoms with E-state index in [1.54, 1.807) is 0 Å². The second-order valence-electron chi connectivity index (χ2n) is 5.12. The van der Waals surface area contributed by atoms with Crippen LogP contribution in [0.3, 0.4) is 0 Å². The maximum absolute atomic E-state index is 10.3. The molecule has 2 aromatic carbocycles. The Morgan fingerprint density at radius 1 is 0.895 bits per heavy atom. The molecule has 0 aliphatic heterocycles. The standard InChI is InChI=1S/C17H21NO/c1-12-3-5-15(6-4-12)17(19)16-9-7-14(8-10-16)13(2)11-18/h3-10,13,17,19H,11,18H2,1-2H3. The van der Waals surface area contributed by atoms with E-state index in [1.165, 1.54) is 11.1 Å². The minimum Gasteiger partial charge on any atom is -0.384 e. The van der Waals surface area contributed by atoms with Gasteiger partial charge in [-0.25, -0.2) is 0 Å². The predicted molar refractivity (Wildman–Crippen MR) is 79.2 cm³/mol. The predicted octanol–water partition coefficient (Wildman–Crippen LogP) is 3.14. The first-order valence-electron chi connectivity index (χ1n) is 6.66. The van der Waals surface area contributed by atoms with Crippen LogP contribution in [0.2, 0.25) is 0 Å². The molecule has 2 aromatic rings. The van der Waals surface area contributed by atoms with Crippen LogP contribution in [-0.2, 0) is 0 Å². The van der Waals surface area contributed by atoms with Gasteiger partial charge in [0.1, 0.15) is 6.10 Å². The van der Waals surface area contributed by atoms with E-state index in [4.69, 9.17) is 5.73 Å². The van der Waals surface area contributed by atoms with Crippen molar-refractivity contribution in [3.8, 4) is 0 Å². The highest BCUT2D eigenvalue weighted by atomic mass is 16.3. The summed E-state index contributed by atoms with van der Waals surface area (Å²) < 4.78 is 0. The van der Waals surface area contributed by atoms with Crippen LogP contribution in [0.1, 0.15) is 41.2 Å². The van der Waals surface area contributed by atoms with E-state index in [2.05, 4.69) is 6.92 Å². The lowest BCUT2D eigenvalue weighted by Gasteiger charge is -2.14. The molecule has 0 saturated heterocycles. The molecule has 0 fully saturated rings. The van der Waals surface area contributed by atoms with Crippen LogP contribution in [0.4, 0.5) is 0 Å². The summed E-state index contributed by atoms with van der Waals surface area (Å²) in [6.45, 7) is 4.78. The van der Waals surface area contributed by atoms with Crippen molar-refractivity contribution in [1.82, 2.24) is 0 Å². The first-order chi connectivity index (χ1) is 9.11. The van der Waals surface area contributed by atoms with Crippen LogP contribution in [0, 0.1) is 6.92 Å². The second kappa shape index (κ2) is 6.00. The van der Waals surface area contributed by atoms with E-state index >= 15 is 0 Å². The highest BCUT2D eigenvalue weighted by Gasteiger charge is 2.11. The minimum absolute atomic E-state index is 0.352. The number of hydrogen-bond donors (Lipinski definition) is 2. The number of aryl methyl sites for hydroxylation is 1. The molecule has 2 rings (SSSR count). The zero-order valence-electron chi connectivity index (χ0n) is 11.5. The summed E-state index contributed by atoms with van der Waals surface area (Å²) in [7, 11) is 0. The van der Waals surface area contributed by atoms with Gasteiger partial charge in [0.15, 0.2) is 0 Å². The number of rotatable bonds is 4. The van der Waals surface area contributed by atoms with Gasteiger partial charge >= 0.3 is 0 Å². The number of aliphatic hydroxyl groups is 1. The van der Waals surface area contributed by atoms with Crippen LogP contribution in [0.15, 0.2) is 48.5 Å². The number of nitrogens with two attached hydrogens (primary N) is 1. The van der Waals surface area contributed by atoms with Gasteiger partial charge in [0.2, 0.25) is 0 Å². The average molecular weight is 255 g/mol. The zero-order chi connectivity index (χ0) is 13.8. The van der Waals surface area contributed by atoms with E-state index in [0.29, 0.717) is 12.5 Å². The Morgan fingerprint density at radius 3 is 1.79 bits per heavy atom. The second-order valence-corrected chi connectivity index (χ2v) is 5.12. The van der Waals surface area contributed by atoms with E-state index < -0.39 is 6.10 Å². The molecule has 0 amide bonds. The Kier molecular flexibility index (Phi) is 4.35. The summed E-state index contributed by atoms with van der Waals surface area (Å²) >= 11 is 0. The van der Waals surface area contributed by atoms with Crippen molar-refractivity contribution in [2.24, 2.45) is 5.73 Å². The lowest BCUT2D eigenvalue weighted by Crippen LogP contribution is -2.09. The molecule has 0 aliphatic rings. The van der Waals surface area contributed by atoms with Crippen LogP contribution >= 0.6 is 0 Å². The maximum atomic E-state index is 10.3. The van der Waals surface area contributed by atoms with Gasteiger partial charge in [0.05, 0.1) is 0 Å². The number of hydrogen-bond acceptors (Lipinski definition) is 2. The quantitative estimate of drug-likeness (QED) is 0.881. The molecular formula is C17H21NO. The Hall–Kier alpha value is -1.64. The molecule has 0 radical (unpaired) electrons. The third kappa shape index (κ3) is 3.22. The van der Waals surface area contributed by atoms with Gasteiger partial charge < -0.3 is 10.8 Å². The summed E-state index contributed by atoms with van der Waals surface area (Å²) in [5.41, 5.74) is 9.90. The molecular weight excluding hydrogens is 234 g/mol. The number of aliphatic hydroxyl groups excluding tert-OH is 1. The summed E-state index contributed by atoms with van der Waals surface area (Å²) in [6.07, 6.45) is -0.567. The Labute approximate surface area is 114 Å². The molecule has 0 heterocycles. The van der Waals surface area contributed by atoms with Gasteiger partial charge in [-0.05, 0) is 36.1 Å². The van der Waals surface area contributed by atoms with Crippen LogP contribution in [-0.4, -0.2) is 11.7 Å². The van der Waals surface area contributed by atoms with Gasteiger partial charge in [-0.15, -0.1) is 0 Å². The average Bonchev–Trinajstić information content (AvgIpc) is 2.46. The molecule has 100 valence electrons. The van der Waals surface area contributed by atoms with Gasteiger partial charge in [0.25, 0.3) is 0 Å². The third-order valence-corrected chi connectivity index (χ3v) is 3.57. The van der Waals surface area contributed by atoms with Crippen LogP contribution in [0.5, 0.6) is 0 Å². The van der Waals surface area contributed by atoms with Crippen LogP contribution in [0.25, 0.3) is 0 Å². The molecule has 0 spiro atoms. The highest BCUT2D eigenvalue weighted by Crippen LogP contribution is 2.24. The van der Waals surface area contributed by atoms with Crippen molar-refractivity contribution in [3.05, 3.63) is 70.8 Å². The minimum atomic E-state index is -0.567. The Balaban J connectivity index is 2.19. The molecule has 19 heavy (non-hydrogen) atoms. The summed E-state index contributed by atoms with van der Waals surface area (Å²) in [4.78, 5) is 0. The first-order valence-corrected chi connectivity index (χ1v) is 6.66. The lowest BCUT2D eigenvalue weighted by atomic mass is 9.96. The normalized spacial score (nSPS) is 14.1. The molecule has 0 aromatic heterocycles. The largest absolute Gasteiger partial charge is 0.384 e. The van der Waals surface area contributed by atoms with Gasteiger partial charge in [-0.3, -0.25) is 0 Å². The fourth-order valence-electron chi connectivity index (χ4n) is 2.08. The number of benzene rings is 2. The van der Waals surface area contributed by atoms with E-state index in [-0.39, 0.29) is 0 Å². The van der Waals surface area contributed by atoms with Crippen molar-refractivity contribution in [2.75, 3.05) is 6.54 Å². The zero-order valence-corrected chi connectivity index (χ0v) is 11.5. The van der Waals surface area contributed by atoms with E-state index in [1.807, 2.05) is 55.5 Å². The Morgan fingerprint density at radius 2 is 1.32 bits per heavy atom. The van der Waals surface area contributed by atoms with Crippen molar-refractivity contribution in [3.63, 3.8) is 0 Å². The molecule has 3 N–H and O–H groups in total. The molecule has 2 nitrogen and oxygen atoms in total. The fraction of sp³-hybridized carbons (Fsp3) is 0.294. The van der Waals surface area contributed by atoms with Crippen molar-refractivity contribution in [1.29, 1.82) is 0 Å². The summed E-state index contributed by atoms with van der Waals surface area (Å²) in [6, 6.07) is 16.0. The fourth-order valence-corrected chi connectivity index (χ4v) is 2.08. The monoisotopic (exact) mass is 255 g/mol. The summed E-state index contributed by atoms with van der Waals surface area (Å²) in [5.74, 6) is 0.352. The van der Waals surface area contributed by atoms with Crippen molar-refractivity contribution < 1.29 is 5.11 Å². The van der Waals surface area contributed by atoms with Gasteiger partial charge in [-0.1, -0.05) is 61.0 Å². The maximum Gasteiger partial charge on any atom is 0.104 e. The smallest absolute Gasteiger partial charge is 0.104 e. The Bertz CT molecular complexity index is 516. The molecule has 2 unspecified atom stereocenters. The third-order valence-electron chi connectivity index (χ3n) is 3.57. The molecule has 2 heteroatoms. The first kappa shape index (κ1) is 13.8. The van der Waals surface area contributed by atoms with Crippen molar-refractivity contribution >= 4 is 0 Å². The summed E-state index contributed by atoms with van der Waals surface area (Å²) in [5, 5.41) is 10.3. The molecule has 0 bridgehead atoms. The van der Waals surface area contributed by atoms with E-state index in [0.717, 1.165) is 11.1 Å².